The quantitative estimate of drug-likeness (QED) is 0.173. The SMILES string of the molecule is CC(C)(C)OC(=O)NCCOc1cc(-c2ccc([N+](=O)[O-])cc2)on1.O=c1cc(-c2ccc([N+](=O)[O-])cc2)o[nH]1. The van der Waals surface area contributed by atoms with Gasteiger partial charge in [-0.2, -0.15) is 5.16 Å². The zero-order chi connectivity index (χ0) is 29.3. The Morgan fingerprint density at radius 3 is 1.98 bits per heavy atom. The Kier molecular flexibility index (Phi) is 9.35. The van der Waals surface area contributed by atoms with Gasteiger partial charge in [0.05, 0.1) is 22.5 Å². The molecule has 0 aliphatic heterocycles. The van der Waals surface area contributed by atoms with Crippen LogP contribution in [0.5, 0.6) is 5.88 Å². The summed E-state index contributed by atoms with van der Waals surface area (Å²) in [5.74, 6) is 1.03. The zero-order valence-corrected chi connectivity index (χ0v) is 21.6. The molecule has 210 valence electrons. The van der Waals surface area contributed by atoms with Crippen molar-refractivity contribution in [2.45, 2.75) is 26.4 Å². The van der Waals surface area contributed by atoms with E-state index in [1.54, 1.807) is 39.0 Å². The Morgan fingerprint density at radius 1 is 0.950 bits per heavy atom. The number of rotatable bonds is 8. The Morgan fingerprint density at radius 2 is 1.50 bits per heavy atom. The van der Waals surface area contributed by atoms with Crippen molar-refractivity contribution in [3.05, 3.63) is 91.2 Å². The van der Waals surface area contributed by atoms with Crippen LogP contribution in [0.25, 0.3) is 22.6 Å². The number of alkyl carbamates (subject to hydrolysis) is 1. The summed E-state index contributed by atoms with van der Waals surface area (Å²) in [6.07, 6.45) is -0.525. The van der Waals surface area contributed by atoms with Crippen LogP contribution in [0.4, 0.5) is 16.2 Å². The van der Waals surface area contributed by atoms with Gasteiger partial charge in [0.25, 0.3) is 22.8 Å². The van der Waals surface area contributed by atoms with E-state index in [0.717, 1.165) is 0 Å². The van der Waals surface area contributed by atoms with Gasteiger partial charge >= 0.3 is 6.09 Å². The molecule has 2 heterocycles. The summed E-state index contributed by atoms with van der Waals surface area (Å²) in [6, 6.07) is 14.5. The number of ether oxygens (including phenoxy) is 2. The van der Waals surface area contributed by atoms with Crippen LogP contribution >= 0.6 is 0 Å². The molecule has 0 aliphatic rings. The molecular weight excluding hydrogens is 530 g/mol. The first kappa shape index (κ1) is 29.1. The molecule has 4 aromatic rings. The first-order valence-electron chi connectivity index (χ1n) is 11.7. The molecule has 2 aromatic heterocycles. The largest absolute Gasteiger partial charge is 0.474 e. The lowest BCUT2D eigenvalue weighted by Gasteiger charge is -2.19. The lowest BCUT2D eigenvalue weighted by Crippen LogP contribution is -2.34. The zero-order valence-electron chi connectivity index (χ0n) is 21.6. The number of amides is 1. The van der Waals surface area contributed by atoms with Gasteiger partial charge in [-0.1, -0.05) is 0 Å². The molecule has 15 nitrogen and oxygen atoms in total. The lowest BCUT2D eigenvalue weighted by atomic mass is 10.1. The number of non-ortho nitro benzene ring substituents is 2. The van der Waals surface area contributed by atoms with Crippen LogP contribution in [0.3, 0.4) is 0 Å². The third-order valence-electron chi connectivity index (χ3n) is 4.76. The molecule has 2 N–H and O–H groups in total. The standard InChI is InChI=1S/C16H19N3O6.C9H6N2O4/c1-16(2,3)24-15(20)17-8-9-23-14-10-13(25-18-14)11-4-6-12(7-5-11)19(21)22;12-9-5-8(15-10-9)6-1-3-7(4-2-6)11(13)14/h4-7,10H,8-9H2,1-3H3,(H,17,20);1-5H,(H,10,12). The maximum Gasteiger partial charge on any atom is 0.407 e. The van der Waals surface area contributed by atoms with Gasteiger partial charge in [-0.3, -0.25) is 25.0 Å². The van der Waals surface area contributed by atoms with Gasteiger partial charge in [0.1, 0.15) is 12.2 Å². The van der Waals surface area contributed by atoms with Crippen molar-refractivity contribution < 1.29 is 33.2 Å². The molecule has 0 aliphatic carbocycles. The molecule has 0 atom stereocenters. The average molecular weight is 556 g/mol. The van der Waals surface area contributed by atoms with Crippen LogP contribution in [-0.2, 0) is 4.74 Å². The van der Waals surface area contributed by atoms with E-state index in [0.29, 0.717) is 22.6 Å². The summed E-state index contributed by atoms with van der Waals surface area (Å²) < 4.78 is 20.4. The number of nitro benzene ring substituents is 2. The molecule has 0 saturated carbocycles. The van der Waals surface area contributed by atoms with Gasteiger partial charge in [0.2, 0.25) is 0 Å². The predicted octanol–water partition coefficient (Wildman–Crippen LogP) is 4.70. The van der Waals surface area contributed by atoms with Crippen molar-refractivity contribution >= 4 is 17.5 Å². The van der Waals surface area contributed by atoms with Crippen molar-refractivity contribution in [1.29, 1.82) is 0 Å². The lowest BCUT2D eigenvalue weighted by molar-refractivity contribution is -0.385. The maximum absolute atomic E-state index is 11.5. The number of benzene rings is 2. The minimum Gasteiger partial charge on any atom is -0.474 e. The molecule has 0 unspecified atom stereocenters. The number of carbonyl (C=O) groups is 1. The monoisotopic (exact) mass is 555 g/mol. The highest BCUT2D eigenvalue weighted by Crippen LogP contribution is 2.25. The second kappa shape index (κ2) is 12.9. The van der Waals surface area contributed by atoms with Crippen molar-refractivity contribution in [3.63, 3.8) is 0 Å². The fourth-order valence-electron chi connectivity index (χ4n) is 3.01. The van der Waals surface area contributed by atoms with Gasteiger partial charge in [0, 0.05) is 41.5 Å². The number of hydrogen-bond donors (Lipinski definition) is 2. The molecule has 0 radical (unpaired) electrons. The number of nitrogens with one attached hydrogen (secondary N) is 2. The van der Waals surface area contributed by atoms with Crippen molar-refractivity contribution in [2.75, 3.05) is 13.2 Å². The number of H-pyrrole nitrogens is 1. The van der Waals surface area contributed by atoms with Crippen molar-refractivity contribution in [1.82, 2.24) is 15.6 Å². The fraction of sp³-hybridized carbons (Fsp3) is 0.240. The van der Waals surface area contributed by atoms with Crippen LogP contribution in [0.2, 0.25) is 0 Å². The van der Waals surface area contributed by atoms with Crippen molar-refractivity contribution in [2.24, 2.45) is 0 Å². The van der Waals surface area contributed by atoms with E-state index >= 15 is 0 Å². The third kappa shape index (κ3) is 8.83. The van der Waals surface area contributed by atoms with Gasteiger partial charge < -0.3 is 23.8 Å². The fourth-order valence-corrected chi connectivity index (χ4v) is 3.01. The van der Waals surface area contributed by atoms with Crippen LogP contribution in [0.1, 0.15) is 20.8 Å². The van der Waals surface area contributed by atoms with E-state index in [1.807, 2.05) is 0 Å². The summed E-state index contributed by atoms with van der Waals surface area (Å²) in [7, 11) is 0. The number of carbonyl (C=O) groups excluding carboxylic acids is 1. The Labute approximate surface area is 225 Å². The summed E-state index contributed by atoms with van der Waals surface area (Å²) in [5, 5.41) is 29.5. The molecule has 2 aromatic carbocycles. The number of aromatic amines is 1. The Balaban J connectivity index is 0.000000249. The van der Waals surface area contributed by atoms with Crippen LogP contribution < -0.4 is 15.6 Å². The van der Waals surface area contributed by atoms with E-state index in [1.165, 1.54) is 42.5 Å². The van der Waals surface area contributed by atoms with E-state index in [9.17, 15) is 29.8 Å². The van der Waals surface area contributed by atoms with E-state index in [4.69, 9.17) is 18.5 Å². The molecular formula is C25H25N5O10. The minimum absolute atomic E-state index is 0.00312. The summed E-state index contributed by atoms with van der Waals surface area (Å²) in [4.78, 5) is 42.3. The third-order valence-corrected chi connectivity index (χ3v) is 4.76. The Bertz CT molecular complexity index is 1500. The molecule has 1 amide bonds. The van der Waals surface area contributed by atoms with Gasteiger partial charge in [-0.15, -0.1) is 0 Å². The molecule has 4 rings (SSSR count). The van der Waals surface area contributed by atoms with Crippen molar-refractivity contribution in [3.8, 4) is 28.5 Å². The molecule has 0 bridgehead atoms. The van der Waals surface area contributed by atoms with Gasteiger partial charge in [-0.25, -0.2) is 4.79 Å². The highest BCUT2D eigenvalue weighted by Gasteiger charge is 2.16. The van der Waals surface area contributed by atoms with Crippen LogP contribution in [0.15, 0.2) is 74.5 Å². The number of nitrogens with zero attached hydrogens (tertiary/aromatic N) is 3. The summed E-state index contributed by atoms with van der Waals surface area (Å²) in [6.45, 7) is 5.76. The number of aromatic nitrogens is 2. The number of nitro groups is 2. The minimum atomic E-state index is -0.559. The smallest absolute Gasteiger partial charge is 0.407 e. The summed E-state index contributed by atoms with van der Waals surface area (Å²) in [5.41, 5.74) is 0.336. The second-order valence-electron chi connectivity index (χ2n) is 8.99. The highest BCUT2D eigenvalue weighted by atomic mass is 16.6. The first-order valence-corrected chi connectivity index (χ1v) is 11.7. The molecule has 0 saturated heterocycles. The van der Waals surface area contributed by atoms with Crippen LogP contribution in [0, 0.1) is 20.2 Å². The van der Waals surface area contributed by atoms with E-state index in [2.05, 4.69) is 15.6 Å². The second-order valence-corrected chi connectivity index (χ2v) is 8.99. The molecule has 0 fully saturated rings. The summed E-state index contributed by atoms with van der Waals surface area (Å²) >= 11 is 0. The normalized spacial score (nSPS) is 10.7. The van der Waals surface area contributed by atoms with Gasteiger partial charge in [-0.05, 0) is 50.2 Å². The molecule has 0 spiro atoms. The number of hydrogen-bond acceptors (Lipinski definition) is 11. The van der Waals surface area contributed by atoms with E-state index in [-0.39, 0.29) is 36.0 Å². The average Bonchev–Trinajstić information content (AvgIpc) is 3.55. The highest BCUT2D eigenvalue weighted by molar-refractivity contribution is 5.67. The maximum atomic E-state index is 11.5. The topological polar surface area (TPSA) is 206 Å². The molecule has 15 heteroatoms. The first-order chi connectivity index (χ1) is 18.9. The van der Waals surface area contributed by atoms with Gasteiger partial charge in [0.15, 0.2) is 11.5 Å². The van der Waals surface area contributed by atoms with E-state index < -0.39 is 21.5 Å². The predicted molar refractivity (Wildman–Crippen MR) is 140 cm³/mol. The Hall–Kier alpha value is -5.47. The van der Waals surface area contributed by atoms with Crippen LogP contribution in [-0.4, -0.2) is 45.0 Å². The molecule has 40 heavy (non-hydrogen) atoms.